The molecule has 0 saturated carbocycles. The van der Waals surface area contributed by atoms with Gasteiger partial charge in [-0.25, -0.2) is 0 Å². The Bertz CT molecular complexity index is 228. The van der Waals surface area contributed by atoms with E-state index in [1.54, 1.807) is 0 Å². The van der Waals surface area contributed by atoms with Crippen LogP contribution in [0, 0.1) is 0 Å². The Balaban J connectivity index is 1.77. The SMILES string of the molecule is C1=C\CC[C@@H](O[C@@H]2CC/C=C\CCC2)CCC/1. The van der Waals surface area contributed by atoms with Crippen LogP contribution in [0.5, 0.6) is 0 Å². The molecule has 0 unspecified atom stereocenters. The Kier molecular flexibility index (Phi) is 5.84. The lowest BCUT2D eigenvalue weighted by molar-refractivity contribution is -0.0294. The molecule has 0 spiro atoms. The van der Waals surface area contributed by atoms with Crippen LogP contribution in [0.1, 0.15) is 64.2 Å². The fourth-order valence-electron chi connectivity index (χ4n) is 2.80. The molecule has 0 bridgehead atoms. The van der Waals surface area contributed by atoms with E-state index in [2.05, 4.69) is 24.3 Å². The summed E-state index contributed by atoms with van der Waals surface area (Å²) in [7, 11) is 0. The van der Waals surface area contributed by atoms with Gasteiger partial charge in [0.25, 0.3) is 0 Å². The lowest BCUT2D eigenvalue weighted by Crippen LogP contribution is -2.23. The molecule has 17 heavy (non-hydrogen) atoms. The summed E-state index contributed by atoms with van der Waals surface area (Å²) in [4.78, 5) is 0. The Hall–Kier alpha value is -0.560. The predicted molar refractivity (Wildman–Crippen MR) is 73.1 cm³/mol. The minimum Gasteiger partial charge on any atom is -0.375 e. The molecule has 1 nitrogen and oxygen atoms in total. The number of ether oxygens (including phenoxy) is 1. The van der Waals surface area contributed by atoms with Crippen LogP contribution in [0.3, 0.4) is 0 Å². The lowest BCUT2D eigenvalue weighted by atomic mass is 10.0. The highest BCUT2D eigenvalue weighted by Gasteiger charge is 2.16. The fourth-order valence-corrected chi connectivity index (χ4v) is 2.80. The number of hydrogen-bond donors (Lipinski definition) is 0. The first-order valence-electron chi connectivity index (χ1n) is 7.40. The summed E-state index contributed by atoms with van der Waals surface area (Å²) in [5, 5.41) is 0. The molecule has 0 aromatic rings. The van der Waals surface area contributed by atoms with Crippen LogP contribution in [0.4, 0.5) is 0 Å². The van der Waals surface area contributed by atoms with Crippen LogP contribution in [0.25, 0.3) is 0 Å². The van der Waals surface area contributed by atoms with E-state index in [-0.39, 0.29) is 0 Å². The molecule has 0 saturated heterocycles. The van der Waals surface area contributed by atoms with Crippen LogP contribution in [-0.2, 0) is 4.74 Å². The first-order valence-corrected chi connectivity index (χ1v) is 7.40. The second-order valence-electron chi connectivity index (χ2n) is 5.34. The van der Waals surface area contributed by atoms with Crippen molar-refractivity contribution in [3.63, 3.8) is 0 Å². The maximum atomic E-state index is 6.34. The van der Waals surface area contributed by atoms with Crippen molar-refractivity contribution in [2.75, 3.05) is 0 Å². The van der Waals surface area contributed by atoms with E-state index < -0.39 is 0 Å². The fraction of sp³-hybridized carbons (Fsp3) is 0.750. The first-order chi connectivity index (χ1) is 8.45. The van der Waals surface area contributed by atoms with Gasteiger partial charge < -0.3 is 4.74 Å². The third kappa shape index (κ3) is 5.08. The quantitative estimate of drug-likeness (QED) is 0.625. The lowest BCUT2D eigenvalue weighted by Gasteiger charge is -2.26. The number of rotatable bonds is 2. The maximum absolute atomic E-state index is 6.34. The van der Waals surface area contributed by atoms with Gasteiger partial charge >= 0.3 is 0 Å². The summed E-state index contributed by atoms with van der Waals surface area (Å²) in [5.41, 5.74) is 0. The maximum Gasteiger partial charge on any atom is 0.0582 e. The highest BCUT2D eigenvalue weighted by Crippen LogP contribution is 2.22. The van der Waals surface area contributed by atoms with Crippen molar-refractivity contribution in [3.8, 4) is 0 Å². The molecule has 0 fully saturated rings. The summed E-state index contributed by atoms with van der Waals surface area (Å²) >= 11 is 0. The molecular weight excluding hydrogens is 208 g/mol. The van der Waals surface area contributed by atoms with Crippen LogP contribution in [0.15, 0.2) is 24.3 Å². The molecule has 0 radical (unpaired) electrons. The summed E-state index contributed by atoms with van der Waals surface area (Å²) in [5.74, 6) is 0. The molecule has 1 heteroatoms. The van der Waals surface area contributed by atoms with Crippen molar-refractivity contribution in [3.05, 3.63) is 24.3 Å². The minimum atomic E-state index is 0.522. The van der Waals surface area contributed by atoms with Crippen molar-refractivity contribution in [2.45, 2.75) is 76.4 Å². The van der Waals surface area contributed by atoms with E-state index in [9.17, 15) is 0 Å². The molecule has 2 aliphatic carbocycles. The van der Waals surface area contributed by atoms with E-state index >= 15 is 0 Å². The molecule has 96 valence electrons. The third-order valence-corrected chi connectivity index (χ3v) is 3.82. The average Bonchev–Trinajstić information content (AvgIpc) is 2.24. The zero-order chi connectivity index (χ0) is 11.8. The van der Waals surface area contributed by atoms with Gasteiger partial charge in [0.05, 0.1) is 12.2 Å². The van der Waals surface area contributed by atoms with Gasteiger partial charge in [0, 0.05) is 0 Å². The van der Waals surface area contributed by atoms with Gasteiger partial charge in [0.15, 0.2) is 0 Å². The normalized spacial score (nSPS) is 35.1. The Morgan fingerprint density at radius 2 is 1.06 bits per heavy atom. The smallest absolute Gasteiger partial charge is 0.0582 e. The van der Waals surface area contributed by atoms with Crippen LogP contribution < -0.4 is 0 Å². The molecule has 0 aromatic heterocycles. The van der Waals surface area contributed by atoms with Crippen molar-refractivity contribution >= 4 is 0 Å². The molecule has 2 rings (SSSR count). The molecule has 0 N–H and O–H groups in total. The van der Waals surface area contributed by atoms with Crippen LogP contribution in [-0.4, -0.2) is 12.2 Å². The summed E-state index contributed by atoms with van der Waals surface area (Å²) in [6.07, 6.45) is 22.8. The zero-order valence-electron chi connectivity index (χ0n) is 10.9. The van der Waals surface area contributed by atoms with Gasteiger partial charge in [-0.2, -0.15) is 0 Å². The Morgan fingerprint density at radius 3 is 1.59 bits per heavy atom. The van der Waals surface area contributed by atoms with E-state index in [4.69, 9.17) is 4.74 Å². The van der Waals surface area contributed by atoms with E-state index in [1.165, 1.54) is 64.2 Å². The van der Waals surface area contributed by atoms with Crippen LogP contribution >= 0.6 is 0 Å². The third-order valence-electron chi connectivity index (χ3n) is 3.82. The van der Waals surface area contributed by atoms with Crippen molar-refractivity contribution in [1.29, 1.82) is 0 Å². The van der Waals surface area contributed by atoms with E-state index in [0.717, 1.165) is 0 Å². The summed E-state index contributed by atoms with van der Waals surface area (Å²) in [6.45, 7) is 0. The number of hydrogen-bond acceptors (Lipinski definition) is 1. The van der Waals surface area contributed by atoms with Gasteiger partial charge in [-0.3, -0.25) is 0 Å². The molecular formula is C16H26O. The highest BCUT2D eigenvalue weighted by atomic mass is 16.5. The second-order valence-corrected chi connectivity index (χ2v) is 5.34. The average molecular weight is 234 g/mol. The topological polar surface area (TPSA) is 9.23 Å². The molecule has 0 heterocycles. The van der Waals surface area contributed by atoms with E-state index in [1.807, 2.05) is 0 Å². The van der Waals surface area contributed by atoms with Gasteiger partial charge in [0.2, 0.25) is 0 Å². The zero-order valence-corrected chi connectivity index (χ0v) is 10.9. The van der Waals surface area contributed by atoms with Crippen molar-refractivity contribution in [2.24, 2.45) is 0 Å². The molecule has 2 aliphatic rings. The molecule has 0 aromatic carbocycles. The Labute approximate surface area is 106 Å². The van der Waals surface area contributed by atoms with Gasteiger partial charge in [0.1, 0.15) is 0 Å². The first kappa shape index (κ1) is 12.9. The number of allylic oxidation sites excluding steroid dienone is 4. The Morgan fingerprint density at radius 1 is 0.588 bits per heavy atom. The largest absolute Gasteiger partial charge is 0.375 e. The van der Waals surface area contributed by atoms with Gasteiger partial charge in [-0.05, 0) is 64.2 Å². The van der Waals surface area contributed by atoms with Crippen LogP contribution in [0.2, 0.25) is 0 Å². The molecule has 2 atom stereocenters. The summed E-state index contributed by atoms with van der Waals surface area (Å²) in [6, 6.07) is 0. The monoisotopic (exact) mass is 234 g/mol. The van der Waals surface area contributed by atoms with E-state index in [0.29, 0.717) is 12.2 Å². The van der Waals surface area contributed by atoms with Gasteiger partial charge in [-0.15, -0.1) is 0 Å². The van der Waals surface area contributed by atoms with Gasteiger partial charge in [-0.1, -0.05) is 24.3 Å². The molecule has 0 amide bonds. The summed E-state index contributed by atoms with van der Waals surface area (Å²) < 4.78 is 6.34. The molecule has 0 aliphatic heterocycles. The predicted octanol–water partition coefficient (Wildman–Crippen LogP) is 4.78. The standard InChI is InChI=1S/C16H26O/c1-3-7-11-15(12-8-4-1)17-16-13-9-5-2-6-10-14-16/h1-3,5,15-16H,4,6-14H2/b3-1-,5-2-/t15-,16-/m1/s1. The minimum absolute atomic E-state index is 0.522. The highest BCUT2D eigenvalue weighted by molar-refractivity contribution is 4.87. The van der Waals surface area contributed by atoms with Crippen molar-refractivity contribution < 1.29 is 4.74 Å². The second kappa shape index (κ2) is 7.71. The van der Waals surface area contributed by atoms with Crippen molar-refractivity contribution in [1.82, 2.24) is 0 Å².